The van der Waals surface area contributed by atoms with Crippen molar-refractivity contribution in [2.75, 3.05) is 5.84 Å². The van der Waals surface area contributed by atoms with E-state index in [1.165, 1.54) is 10.9 Å². The summed E-state index contributed by atoms with van der Waals surface area (Å²) in [7, 11) is 0. The molecule has 0 spiro atoms. The molecule has 0 aliphatic carbocycles. The predicted molar refractivity (Wildman–Crippen MR) is 82.5 cm³/mol. The highest BCUT2D eigenvalue weighted by molar-refractivity contribution is 7.99. The summed E-state index contributed by atoms with van der Waals surface area (Å²) in [5.74, 6) is 5.20. The summed E-state index contributed by atoms with van der Waals surface area (Å²) in [6, 6.07) is 4.87. The third-order valence-corrected chi connectivity index (χ3v) is 4.22. The van der Waals surface area contributed by atoms with Crippen LogP contribution in [0.15, 0.2) is 39.1 Å². The van der Waals surface area contributed by atoms with Crippen LogP contribution in [0.4, 0.5) is 13.2 Å². The molecule has 26 heavy (non-hydrogen) atoms. The van der Waals surface area contributed by atoms with Crippen LogP contribution in [0.2, 0.25) is 0 Å². The number of fused-ring (bicyclic) bond motifs is 1. The molecule has 0 aliphatic heterocycles. The molecule has 13 heteroatoms. The molecule has 0 aromatic carbocycles. The Bertz CT molecular complexity index is 1090. The molecule has 0 saturated carbocycles. The third-order valence-electron chi connectivity index (χ3n) is 3.26. The van der Waals surface area contributed by atoms with Crippen LogP contribution in [0, 0.1) is 6.92 Å². The van der Waals surface area contributed by atoms with Gasteiger partial charge in [-0.05, 0) is 36.9 Å². The van der Waals surface area contributed by atoms with Crippen molar-refractivity contribution in [1.29, 1.82) is 0 Å². The first-order valence-corrected chi connectivity index (χ1v) is 7.88. The lowest BCUT2D eigenvalue weighted by atomic mass is 10.4. The first-order chi connectivity index (χ1) is 12.3. The molecule has 134 valence electrons. The van der Waals surface area contributed by atoms with Crippen molar-refractivity contribution in [3.05, 3.63) is 36.0 Å². The standard InChI is InChI=1S/C13H9F3N8OS/c1-6-5-8(24-11(18-6)19-10(22-24)13(14,15)16)26-12-21-20-9(23(12)17)7-3-2-4-25-7/h2-5H,17H2,1H3. The van der Waals surface area contributed by atoms with Crippen LogP contribution in [-0.2, 0) is 6.18 Å². The molecule has 0 atom stereocenters. The minimum Gasteiger partial charge on any atom is -0.461 e. The van der Waals surface area contributed by atoms with E-state index >= 15 is 0 Å². The van der Waals surface area contributed by atoms with Gasteiger partial charge in [-0.15, -0.1) is 15.3 Å². The van der Waals surface area contributed by atoms with E-state index in [0.29, 0.717) is 16.5 Å². The zero-order chi connectivity index (χ0) is 18.5. The monoisotopic (exact) mass is 382 g/mol. The highest BCUT2D eigenvalue weighted by Crippen LogP contribution is 2.31. The lowest BCUT2D eigenvalue weighted by Crippen LogP contribution is -2.11. The Labute approximate surface area is 147 Å². The molecular weight excluding hydrogens is 373 g/mol. The lowest BCUT2D eigenvalue weighted by Gasteiger charge is -2.04. The van der Waals surface area contributed by atoms with E-state index in [-0.39, 0.29) is 16.8 Å². The van der Waals surface area contributed by atoms with Crippen LogP contribution < -0.4 is 5.84 Å². The largest absolute Gasteiger partial charge is 0.461 e. The zero-order valence-electron chi connectivity index (χ0n) is 13.0. The van der Waals surface area contributed by atoms with E-state index in [4.69, 9.17) is 10.3 Å². The Morgan fingerprint density at radius 3 is 2.73 bits per heavy atom. The molecule has 4 rings (SSSR count). The van der Waals surface area contributed by atoms with Crippen molar-refractivity contribution >= 4 is 17.5 Å². The summed E-state index contributed by atoms with van der Waals surface area (Å²) in [4.78, 5) is 7.40. The molecule has 4 aromatic rings. The Morgan fingerprint density at radius 1 is 1.23 bits per heavy atom. The first kappa shape index (κ1) is 16.4. The second-order valence-electron chi connectivity index (χ2n) is 5.14. The number of rotatable bonds is 3. The number of alkyl halides is 3. The summed E-state index contributed by atoms with van der Waals surface area (Å²) >= 11 is 0.976. The smallest absolute Gasteiger partial charge is 0.453 e. The molecule has 2 N–H and O–H groups in total. The maximum atomic E-state index is 12.9. The number of aryl methyl sites for hydroxylation is 1. The minimum absolute atomic E-state index is 0.172. The third kappa shape index (κ3) is 2.75. The van der Waals surface area contributed by atoms with Crippen molar-refractivity contribution in [3.63, 3.8) is 0 Å². The highest BCUT2D eigenvalue weighted by Gasteiger charge is 2.37. The molecule has 0 bridgehead atoms. The molecule has 0 amide bonds. The highest BCUT2D eigenvalue weighted by atomic mass is 32.2. The lowest BCUT2D eigenvalue weighted by molar-refractivity contribution is -0.144. The van der Waals surface area contributed by atoms with Crippen molar-refractivity contribution < 1.29 is 17.6 Å². The number of nitrogens with zero attached hydrogens (tertiary/aromatic N) is 7. The minimum atomic E-state index is -4.68. The van der Waals surface area contributed by atoms with Gasteiger partial charge in [0, 0.05) is 5.69 Å². The molecule has 9 nitrogen and oxygen atoms in total. The first-order valence-electron chi connectivity index (χ1n) is 7.07. The van der Waals surface area contributed by atoms with Crippen molar-refractivity contribution in [2.45, 2.75) is 23.3 Å². The molecule has 0 radical (unpaired) electrons. The van der Waals surface area contributed by atoms with E-state index in [1.807, 2.05) is 0 Å². The second-order valence-corrected chi connectivity index (χ2v) is 6.12. The van der Waals surface area contributed by atoms with Crippen LogP contribution in [0.1, 0.15) is 11.5 Å². The fraction of sp³-hybridized carbons (Fsp3) is 0.154. The van der Waals surface area contributed by atoms with Gasteiger partial charge in [0.2, 0.25) is 11.0 Å². The summed E-state index contributed by atoms with van der Waals surface area (Å²) < 4.78 is 46.0. The predicted octanol–water partition coefficient (Wildman–Crippen LogP) is 2.17. The van der Waals surface area contributed by atoms with Gasteiger partial charge in [-0.2, -0.15) is 22.7 Å². The molecule has 0 unspecified atom stereocenters. The number of nitrogen functional groups attached to an aromatic ring is 1. The van der Waals surface area contributed by atoms with Gasteiger partial charge in [-0.25, -0.2) is 9.66 Å². The van der Waals surface area contributed by atoms with E-state index in [0.717, 1.165) is 16.3 Å². The summed E-state index contributed by atoms with van der Waals surface area (Å²) in [6.45, 7) is 1.63. The Balaban J connectivity index is 1.77. The number of halogens is 3. The Morgan fingerprint density at radius 2 is 2.04 bits per heavy atom. The topological polar surface area (TPSA) is 113 Å². The average Bonchev–Trinajstić information content (AvgIpc) is 3.26. The molecule has 4 heterocycles. The quantitative estimate of drug-likeness (QED) is 0.424. The van der Waals surface area contributed by atoms with E-state index < -0.39 is 12.0 Å². The second kappa shape index (κ2) is 5.72. The number of hydrogen-bond acceptors (Lipinski definition) is 8. The number of furan rings is 1. The van der Waals surface area contributed by atoms with Crippen LogP contribution >= 0.6 is 11.8 Å². The zero-order valence-corrected chi connectivity index (χ0v) is 13.8. The number of nitrogens with two attached hydrogens (primary N) is 1. The molecule has 4 aromatic heterocycles. The number of hydrogen-bond donors (Lipinski definition) is 1. The van der Waals surface area contributed by atoms with Gasteiger partial charge in [0.25, 0.3) is 11.6 Å². The van der Waals surface area contributed by atoms with Crippen molar-refractivity contribution in [3.8, 4) is 11.6 Å². The van der Waals surface area contributed by atoms with Gasteiger partial charge in [-0.3, -0.25) is 0 Å². The molecule has 0 aliphatic rings. The maximum Gasteiger partial charge on any atom is 0.453 e. The average molecular weight is 382 g/mol. The van der Waals surface area contributed by atoms with E-state index in [9.17, 15) is 13.2 Å². The van der Waals surface area contributed by atoms with E-state index in [2.05, 4.69) is 25.3 Å². The summed E-state index contributed by atoms with van der Waals surface area (Å²) in [5, 5.41) is 11.9. The van der Waals surface area contributed by atoms with Crippen LogP contribution in [-0.4, -0.2) is 34.5 Å². The molecule has 0 fully saturated rings. The van der Waals surface area contributed by atoms with Gasteiger partial charge >= 0.3 is 6.18 Å². The Kier molecular flexibility index (Phi) is 3.61. The molecule has 0 saturated heterocycles. The summed E-state index contributed by atoms with van der Waals surface area (Å²) in [5.41, 5.74) is 0.468. The van der Waals surface area contributed by atoms with Crippen LogP contribution in [0.25, 0.3) is 17.4 Å². The van der Waals surface area contributed by atoms with Crippen LogP contribution in [0.5, 0.6) is 0 Å². The maximum absolute atomic E-state index is 12.9. The van der Waals surface area contributed by atoms with Gasteiger partial charge < -0.3 is 10.3 Å². The van der Waals surface area contributed by atoms with Gasteiger partial charge in [0.1, 0.15) is 5.03 Å². The van der Waals surface area contributed by atoms with Crippen LogP contribution in [0.3, 0.4) is 0 Å². The van der Waals surface area contributed by atoms with Gasteiger partial charge in [-0.1, -0.05) is 0 Å². The fourth-order valence-electron chi connectivity index (χ4n) is 2.16. The molecular formula is C13H9F3N8OS. The SMILES string of the molecule is Cc1cc(Sc2nnc(-c3ccco3)n2N)n2nc(C(F)(F)F)nc2n1. The van der Waals surface area contributed by atoms with Gasteiger partial charge in [0.15, 0.2) is 5.76 Å². The van der Waals surface area contributed by atoms with Crippen molar-refractivity contribution in [1.82, 2.24) is 34.5 Å². The summed E-state index contributed by atoms with van der Waals surface area (Å²) in [6.07, 6.45) is -3.22. The number of aromatic nitrogens is 7. The van der Waals surface area contributed by atoms with Crippen molar-refractivity contribution in [2.24, 2.45) is 0 Å². The fourth-order valence-corrected chi connectivity index (χ4v) is 3.05. The van der Waals surface area contributed by atoms with Gasteiger partial charge in [0.05, 0.1) is 6.26 Å². The Hall–Kier alpha value is -3.09. The van der Waals surface area contributed by atoms with E-state index in [1.54, 1.807) is 25.1 Å². The normalized spacial score (nSPS) is 12.2.